The van der Waals surface area contributed by atoms with E-state index in [1.54, 1.807) is 18.0 Å². The second-order valence-corrected chi connectivity index (χ2v) is 9.97. The zero-order chi connectivity index (χ0) is 24.5. The largest absolute Gasteiger partial charge is 0.338 e. The maximum absolute atomic E-state index is 14.5. The van der Waals surface area contributed by atoms with Gasteiger partial charge in [-0.2, -0.15) is 0 Å². The van der Waals surface area contributed by atoms with E-state index in [9.17, 15) is 14.0 Å². The zero-order valence-corrected chi connectivity index (χ0v) is 20.7. The van der Waals surface area contributed by atoms with Gasteiger partial charge in [0.1, 0.15) is 17.8 Å². The van der Waals surface area contributed by atoms with Crippen molar-refractivity contribution < 1.29 is 14.0 Å². The molecule has 7 heteroatoms. The number of likely N-dealkylation sites (tertiary alicyclic amines) is 1. The van der Waals surface area contributed by atoms with Crippen LogP contribution in [0.3, 0.4) is 0 Å². The minimum Gasteiger partial charge on any atom is -0.338 e. The van der Waals surface area contributed by atoms with Gasteiger partial charge in [0.05, 0.1) is 5.56 Å². The number of rotatable bonds is 6. The first-order valence-electron chi connectivity index (χ1n) is 12.2. The number of halogens is 1. The molecule has 182 valence electrons. The van der Waals surface area contributed by atoms with Crippen molar-refractivity contribution in [3.05, 3.63) is 52.7 Å². The van der Waals surface area contributed by atoms with Gasteiger partial charge in [-0.15, -0.1) is 0 Å². The van der Waals surface area contributed by atoms with Crippen molar-refractivity contribution in [3.63, 3.8) is 0 Å². The Balaban J connectivity index is 1.59. The summed E-state index contributed by atoms with van der Waals surface area (Å²) in [4.78, 5) is 35.5. The predicted molar refractivity (Wildman–Crippen MR) is 133 cm³/mol. The monoisotopic (exact) mass is 466 g/mol. The van der Waals surface area contributed by atoms with Gasteiger partial charge in [0.25, 0.3) is 5.91 Å². The van der Waals surface area contributed by atoms with E-state index in [0.29, 0.717) is 37.2 Å². The molecule has 2 aromatic rings. The highest BCUT2D eigenvalue weighted by Crippen LogP contribution is 2.35. The minimum atomic E-state index is -1.23. The molecular formula is C27H35FN4O2. The number of hydrogen-bond acceptors (Lipinski definition) is 5. The molecule has 2 aliphatic heterocycles. The van der Waals surface area contributed by atoms with Gasteiger partial charge in [-0.3, -0.25) is 9.59 Å². The fourth-order valence-corrected chi connectivity index (χ4v) is 4.83. The smallest absolute Gasteiger partial charge is 0.255 e. The number of pyridine rings is 1. The maximum Gasteiger partial charge on any atom is 0.255 e. The third kappa shape index (κ3) is 4.85. The van der Waals surface area contributed by atoms with Crippen LogP contribution in [-0.4, -0.2) is 65.9 Å². The molecular weight excluding hydrogens is 431 g/mol. The van der Waals surface area contributed by atoms with E-state index in [0.717, 1.165) is 54.8 Å². The van der Waals surface area contributed by atoms with Crippen LogP contribution in [0.4, 0.5) is 15.9 Å². The number of carbonyl (C=O) groups excluding carboxylic acids is 2. The molecule has 0 saturated carbocycles. The number of anilines is 2. The molecule has 1 aromatic carbocycles. The van der Waals surface area contributed by atoms with Crippen molar-refractivity contribution in [2.45, 2.75) is 52.2 Å². The number of piperidine rings is 1. The Kier molecular flexibility index (Phi) is 7.03. The fourth-order valence-electron chi connectivity index (χ4n) is 4.83. The zero-order valence-electron chi connectivity index (χ0n) is 20.7. The number of carbonyl (C=O) groups is 2. The molecule has 1 saturated heterocycles. The van der Waals surface area contributed by atoms with Crippen molar-refractivity contribution in [2.75, 3.05) is 38.1 Å². The number of benzene rings is 1. The van der Waals surface area contributed by atoms with E-state index in [1.807, 2.05) is 32.2 Å². The molecule has 2 unspecified atom stereocenters. The molecule has 3 heterocycles. The van der Waals surface area contributed by atoms with Crippen LogP contribution in [0, 0.1) is 5.92 Å². The Bertz CT molecular complexity index is 1070. The van der Waals surface area contributed by atoms with E-state index >= 15 is 0 Å². The van der Waals surface area contributed by atoms with Gasteiger partial charge in [0.15, 0.2) is 0 Å². The first kappa shape index (κ1) is 24.3. The third-order valence-corrected chi connectivity index (χ3v) is 7.50. The lowest BCUT2D eigenvalue weighted by atomic mass is 9.85. The van der Waals surface area contributed by atoms with E-state index in [1.165, 1.54) is 0 Å². The molecule has 1 fully saturated rings. The van der Waals surface area contributed by atoms with E-state index in [-0.39, 0.29) is 11.8 Å². The number of hydrogen-bond donors (Lipinski definition) is 0. The number of alkyl halides is 1. The highest BCUT2D eigenvalue weighted by Gasteiger charge is 2.38. The number of nitrogens with zero attached hydrogens (tertiary/aromatic N) is 4. The molecule has 0 aliphatic carbocycles. The topological polar surface area (TPSA) is 56.8 Å². The van der Waals surface area contributed by atoms with Crippen molar-refractivity contribution in [2.24, 2.45) is 5.92 Å². The van der Waals surface area contributed by atoms with Crippen molar-refractivity contribution >= 4 is 23.7 Å². The minimum absolute atomic E-state index is 0.0741. The van der Waals surface area contributed by atoms with Gasteiger partial charge < -0.3 is 14.7 Å². The summed E-state index contributed by atoms with van der Waals surface area (Å²) in [6, 6.07) is 7.88. The second kappa shape index (κ2) is 9.82. The molecule has 0 radical (unpaired) electrons. The molecule has 6 nitrogen and oxygen atoms in total. The summed E-state index contributed by atoms with van der Waals surface area (Å²) in [5.74, 6) is 0.594. The van der Waals surface area contributed by atoms with Crippen molar-refractivity contribution in [3.8, 4) is 0 Å². The number of aryl methyl sites for hydroxylation is 1. The average molecular weight is 467 g/mol. The van der Waals surface area contributed by atoms with Crippen LogP contribution < -0.4 is 4.90 Å². The average Bonchev–Trinajstić information content (AvgIpc) is 2.84. The van der Waals surface area contributed by atoms with Crippen LogP contribution in [0.5, 0.6) is 0 Å². The van der Waals surface area contributed by atoms with Crippen molar-refractivity contribution in [1.82, 2.24) is 14.8 Å². The maximum atomic E-state index is 14.5. The highest BCUT2D eigenvalue weighted by molar-refractivity contribution is 5.94. The molecule has 1 aromatic heterocycles. The lowest BCUT2D eigenvalue weighted by Gasteiger charge is -2.39. The third-order valence-electron chi connectivity index (χ3n) is 7.50. The van der Waals surface area contributed by atoms with Crippen LogP contribution >= 0.6 is 0 Å². The SMILES string of the molecule is CCN(C)Cc1cc(N2CCCc3cc(C(=O)N4CCC(C)(F)C(C)C4)cnc32)ccc1C=O. The summed E-state index contributed by atoms with van der Waals surface area (Å²) < 4.78 is 14.5. The molecule has 0 N–H and O–H groups in total. The number of fused-ring (bicyclic) bond motifs is 1. The van der Waals surface area contributed by atoms with Gasteiger partial charge in [-0.1, -0.05) is 13.8 Å². The second-order valence-electron chi connectivity index (χ2n) is 9.97. The van der Waals surface area contributed by atoms with Gasteiger partial charge >= 0.3 is 0 Å². The van der Waals surface area contributed by atoms with Gasteiger partial charge in [-0.25, -0.2) is 9.37 Å². The van der Waals surface area contributed by atoms with Gasteiger partial charge in [-0.05, 0) is 75.2 Å². The quantitative estimate of drug-likeness (QED) is 0.581. The summed E-state index contributed by atoms with van der Waals surface area (Å²) in [7, 11) is 2.04. The van der Waals surface area contributed by atoms with Gasteiger partial charge in [0.2, 0.25) is 0 Å². The lowest BCUT2D eigenvalue weighted by Crippen LogP contribution is -2.48. The molecule has 4 rings (SSSR count). The fraction of sp³-hybridized carbons (Fsp3) is 0.519. The predicted octanol–water partition coefficient (Wildman–Crippen LogP) is 4.64. The van der Waals surface area contributed by atoms with Crippen LogP contribution in [-0.2, 0) is 13.0 Å². The summed E-state index contributed by atoms with van der Waals surface area (Å²) in [5.41, 5.74) is 3.09. The van der Waals surface area contributed by atoms with Crippen LogP contribution in [0.2, 0.25) is 0 Å². The van der Waals surface area contributed by atoms with Crippen LogP contribution in [0.25, 0.3) is 0 Å². The van der Waals surface area contributed by atoms with E-state index in [2.05, 4.69) is 22.8 Å². The van der Waals surface area contributed by atoms with Crippen molar-refractivity contribution in [1.29, 1.82) is 0 Å². The Labute approximate surface area is 201 Å². The normalized spacial score (nSPS) is 22.6. The Hall–Kier alpha value is -2.80. The Morgan fingerprint density at radius 2 is 2.12 bits per heavy atom. The molecule has 2 atom stereocenters. The summed E-state index contributed by atoms with van der Waals surface area (Å²) in [6.07, 6.45) is 4.73. The molecule has 2 aliphatic rings. The lowest BCUT2D eigenvalue weighted by molar-refractivity contribution is 0.0191. The summed E-state index contributed by atoms with van der Waals surface area (Å²) >= 11 is 0. The number of aromatic nitrogens is 1. The van der Waals surface area contributed by atoms with Crippen LogP contribution in [0.1, 0.15) is 65.5 Å². The van der Waals surface area contributed by atoms with E-state index in [4.69, 9.17) is 4.98 Å². The number of aldehydes is 1. The molecule has 0 bridgehead atoms. The van der Waals surface area contributed by atoms with Crippen LogP contribution in [0.15, 0.2) is 30.5 Å². The first-order valence-corrected chi connectivity index (χ1v) is 12.2. The summed E-state index contributed by atoms with van der Waals surface area (Å²) in [5, 5.41) is 0. The standard InChI is InChI=1S/C27H35FN4O2/c1-5-30(4)17-23-14-24(9-8-21(23)18-33)32-11-6-7-20-13-22(15-29-25(20)32)26(34)31-12-10-27(3,28)19(2)16-31/h8-9,13-15,18-19H,5-7,10-12,16-17H2,1-4H3. The Morgan fingerprint density at radius 3 is 2.82 bits per heavy atom. The molecule has 0 spiro atoms. The number of amides is 1. The van der Waals surface area contributed by atoms with Gasteiger partial charge in [0, 0.05) is 49.5 Å². The first-order chi connectivity index (χ1) is 16.2. The van der Waals surface area contributed by atoms with E-state index < -0.39 is 5.67 Å². The highest BCUT2D eigenvalue weighted by atomic mass is 19.1. The molecule has 34 heavy (non-hydrogen) atoms. The Morgan fingerprint density at radius 1 is 1.32 bits per heavy atom. The summed E-state index contributed by atoms with van der Waals surface area (Å²) in [6.45, 7) is 8.86. The molecule has 1 amide bonds.